The second kappa shape index (κ2) is 4.97. The van der Waals surface area contributed by atoms with Crippen molar-refractivity contribution in [3.63, 3.8) is 0 Å². The van der Waals surface area contributed by atoms with E-state index >= 15 is 0 Å². The molecule has 2 aromatic rings. The minimum absolute atomic E-state index is 0.361. The number of rotatable bonds is 2. The highest BCUT2D eigenvalue weighted by Crippen LogP contribution is 2.36. The summed E-state index contributed by atoms with van der Waals surface area (Å²) in [6, 6.07) is 2.72. The smallest absolute Gasteiger partial charge is 0.174 e. The number of fused-ring (bicyclic) bond motifs is 2. The van der Waals surface area contributed by atoms with Crippen molar-refractivity contribution >= 4 is 11.3 Å². The molecule has 5 heteroatoms. The number of thiophene rings is 1. The van der Waals surface area contributed by atoms with Gasteiger partial charge in [-0.2, -0.15) is 0 Å². The zero-order chi connectivity index (χ0) is 13.5. The Morgan fingerprint density at radius 2 is 2.25 bits per heavy atom. The molecule has 0 radical (unpaired) electrons. The third-order valence-corrected chi connectivity index (χ3v) is 5.68. The number of aromatic nitrogens is 3. The van der Waals surface area contributed by atoms with Gasteiger partial charge in [-0.1, -0.05) is 6.92 Å². The van der Waals surface area contributed by atoms with E-state index in [-0.39, 0.29) is 0 Å². The van der Waals surface area contributed by atoms with E-state index in [0.717, 1.165) is 31.2 Å². The zero-order valence-corrected chi connectivity index (χ0v) is 12.7. The Labute approximate surface area is 123 Å². The Hall–Kier alpha value is -1.20. The maximum Gasteiger partial charge on any atom is 0.174 e. The number of nitrogens with zero attached hydrogens (tertiary/aromatic N) is 3. The lowest BCUT2D eigenvalue weighted by molar-refractivity contribution is 0.407. The topological polar surface area (TPSA) is 42.7 Å². The SMILES string of the molecule is CCC1NCCn2c(-c3cc4c(s3)CCCC4)nnc21. The Morgan fingerprint density at radius 1 is 1.35 bits per heavy atom. The molecule has 4 nitrogen and oxygen atoms in total. The van der Waals surface area contributed by atoms with Crippen LogP contribution in [0.3, 0.4) is 0 Å². The quantitative estimate of drug-likeness (QED) is 0.924. The molecule has 0 bridgehead atoms. The summed E-state index contributed by atoms with van der Waals surface area (Å²) in [7, 11) is 0. The van der Waals surface area contributed by atoms with E-state index in [1.54, 1.807) is 10.4 Å². The van der Waals surface area contributed by atoms with Crippen molar-refractivity contribution in [3.8, 4) is 10.7 Å². The van der Waals surface area contributed by atoms with Crippen molar-refractivity contribution in [2.45, 2.75) is 51.6 Å². The highest BCUT2D eigenvalue weighted by molar-refractivity contribution is 7.15. The Morgan fingerprint density at radius 3 is 3.10 bits per heavy atom. The maximum atomic E-state index is 4.49. The minimum atomic E-state index is 0.361. The minimum Gasteiger partial charge on any atom is -0.308 e. The van der Waals surface area contributed by atoms with Gasteiger partial charge in [0, 0.05) is 18.0 Å². The van der Waals surface area contributed by atoms with Gasteiger partial charge in [-0.25, -0.2) is 0 Å². The molecule has 20 heavy (non-hydrogen) atoms. The van der Waals surface area contributed by atoms with Crippen LogP contribution in [0.2, 0.25) is 0 Å². The lowest BCUT2D eigenvalue weighted by atomic mass is 9.99. The Balaban J connectivity index is 1.76. The van der Waals surface area contributed by atoms with Gasteiger partial charge < -0.3 is 9.88 Å². The van der Waals surface area contributed by atoms with Gasteiger partial charge in [0.25, 0.3) is 0 Å². The van der Waals surface area contributed by atoms with Crippen molar-refractivity contribution in [3.05, 3.63) is 22.3 Å². The first kappa shape index (κ1) is 12.5. The van der Waals surface area contributed by atoms with Crippen LogP contribution in [0.25, 0.3) is 10.7 Å². The zero-order valence-electron chi connectivity index (χ0n) is 11.9. The van der Waals surface area contributed by atoms with Gasteiger partial charge in [0.05, 0.1) is 10.9 Å². The van der Waals surface area contributed by atoms with Crippen LogP contribution in [0.4, 0.5) is 0 Å². The molecule has 1 N–H and O–H groups in total. The van der Waals surface area contributed by atoms with Crippen molar-refractivity contribution in [2.24, 2.45) is 0 Å². The highest BCUT2D eigenvalue weighted by atomic mass is 32.1. The van der Waals surface area contributed by atoms with Gasteiger partial charge in [-0.15, -0.1) is 21.5 Å². The number of hydrogen-bond acceptors (Lipinski definition) is 4. The van der Waals surface area contributed by atoms with Crippen LogP contribution in [-0.2, 0) is 19.4 Å². The predicted octanol–water partition coefficient (Wildman–Crippen LogP) is 2.94. The molecule has 0 amide bonds. The summed E-state index contributed by atoms with van der Waals surface area (Å²) in [6.45, 7) is 4.20. The molecule has 106 valence electrons. The number of nitrogens with one attached hydrogen (secondary N) is 1. The van der Waals surface area contributed by atoms with Crippen molar-refractivity contribution < 1.29 is 0 Å². The average molecular weight is 288 g/mol. The number of hydrogen-bond donors (Lipinski definition) is 1. The molecule has 0 saturated carbocycles. The van der Waals surface area contributed by atoms with Crippen LogP contribution < -0.4 is 5.32 Å². The van der Waals surface area contributed by atoms with E-state index in [9.17, 15) is 0 Å². The van der Waals surface area contributed by atoms with Gasteiger partial charge in [-0.05, 0) is 43.7 Å². The van der Waals surface area contributed by atoms with Gasteiger partial charge >= 0.3 is 0 Å². The molecule has 1 unspecified atom stereocenters. The Bertz CT molecular complexity index is 604. The van der Waals surface area contributed by atoms with E-state index in [1.165, 1.54) is 30.6 Å². The van der Waals surface area contributed by atoms with Gasteiger partial charge in [-0.3, -0.25) is 0 Å². The fraction of sp³-hybridized carbons (Fsp3) is 0.600. The van der Waals surface area contributed by atoms with E-state index in [2.05, 4.69) is 33.1 Å². The van der Waals surface area contributed by atoms with Gasteiger partial charge in [0.1, 0.15) is 0 Å². The monoisotopic (exact) mass is 288 g/mol. The fourth-order valence-electron chi connectivity index (χ4n) is 3.35. The third kappa shape index (κ3) is 1.91. The second-order valence-corrected chi connectivity index (χ2v) is 6.85. The van der Waals surface area contributed by atoms with Crippen molar-refractivity contribution in [2.75, 3.05) is 6.54 Å². The van der Waals surface area contributed by atoms with Crippen LogP contribution in [0.1, 0.15) is 48.5 Å². The summed E-state index contributed by atoms with van der Waals surface area (Å²) < 4.78 is 2.32. The maximum absolute atomic E-state index is 4.49. The van der Waals surface area contributed by atoms with Crippen LogP contribution in [0.5, 0.6) is 0 Å². The van der Waals surface area contributed by atoms with Gasteiger partial charge in [0.15, 0.2) is 11.6 Å². The molecule has 0 spiro atoms. The van der Waals surface area contributed by atoms with Crippen molar-refractivity contribution in [1.29, 1.82) is 0 Å². The van der Waals surface area contributed by atoms with Crippen LogP contribution in [0.15, 0.2) is 6.07 Å². The first-order chi connectivity index (χ1) is 9.86. The van der Waals surface area contributed by atoms with Crippen LogP contribution >= 0.6 is 11.3 Å². The summed E-state index contributed by atoms with van der Waals surface area (Å²) in [6.07, 6.45) is 6.24. The van der Waals surface area contributed by atoms with Crippen LogP contribution in [0, 0.1) is 0 Å². The summed E-state index contributed by atoms with van der Waals surface area (Å²) in [5.74, 6) is 2.19. The first-order valence-electron chi connectivity index (χ1n) is 7.65. The average Bonchev–Trinajstić information content (AvgIpc) is 3.09. The normalized spacial score (nSPS) is 21.6. The van der Waals surface area contributed by atoms with E-state index in [4.69, 9.17) is 0 Å². The van der Waals surface area contributed by atoms with Crippen LogP contribution in [-0.4, -0.2) is 21.3 Å². The van der Waals surface area contributed by atoms with Crippen molar-refractivity contribution in [1.82, 2.24) is 20.1 Å². The van der Waals surface area contributed by atoms with Gasteiger partial charge in [0.2, 0.25) is 0 Å². The molecule has 4 rings (SSSR count). The van der Waals surface area contributed by atoms with E-state index < -0.39 is 0 Å². The molecule has 2 aliphatic rings. The predicted molar refractivity (Wildman–Crippen MR) is 81.0 cm³/mol. The lowest BCUT2D eigenvalue weighted by Crippen LogP contribution is -2.33. The molecular formula is C15H20N4S. The highest BCUT2D eigenvalue weighted by Gasteiger charge is 2.25. The molecule has 0 aromatic carbocycles. The summed E-state index contributed by atoms with van der Waals surface area (Å²) in [5.41, 5.74) is 1.55. The molecule has 1 aliphatic heterocycles. The number of aryl methyl sites for hydroxylation is 2. The summed E-state index contributed by atoms with van der Waals surface area (Å²) >= 11 is 1.93. The largest absolute Gasteiger partial charge is 0.308 e. The fourth-order valence-corrected chi connectivity index (χ4v) is 4.59. The summed E-state index contributed by atoms with van der Waals surface area (Å²) in [4.78, 5) is 2.89. The van der Waals surface area contributed by atoms with E-state index in [0.29, 0.717) is 6.04 Å². The molecular weight excluding hydrogens is 268 g/mol. The molecule has 0 saturated heterocycles. The third-order valence-electron chi connectivity index (χ3n) is 4.44. The second-order valence-electron chi connectivity index (χ2n) is 5.71. The summed E-state index contributed by atoms with van der Waals surface area (Å²) in [5, 5.41) is 12.5. The lowest BCUT2D eigenvalue weighted by Gasteiger charge is -2.23. The molecule has 1 atom stereocenters. The standard InChI is InChI=1S/C15H20N4S/c1-2-11-14-17-18-15(19(14)8-7-16-11)13-9-10-5-3-4-6-12(10)20-13/h9,11,16H,2-8H2,1H3. The molecule has 3 heterocycles. The molecule has 1 aliphatic carbocycles. The van der Waals surface area contributed by atoms with E-state index in [1.807, 2.05) is 11.3 Å². The first-order valence-corrected chi connectivity index (χ1v) is 8.47. The Kier molecular flexibility index (Phi) is 3.11. The molecule has 0 fully saturated rings. The molecule has 2 aromatic heterocycles.